The van der Waals surface area contributed by atoms with Gasteiger partial charge in [-0.05, 0) is 59.2 Å². The predicted octanol–water partition coefficient (Wildman–Crippen LogP) is 5.51. The van der Waals surface area contributed by atoms with Crippen LogP contribution in [0.5, 0.6) is 11.5 Å². The van der Waals surface area contributed by atoms with Crippen LogP contribution in [0.3, 0.4) is 0 Å². The zero-order valence-corrected chi connectivity index (χ0v) is 20.4. The van der Waals surface area contributed by atoms with Crippen LogP contribution in [0.1, 0.15) is 16.7 Å². The number of nitrogens with one attached hydrogen (secondary N) is 1. The van der Waals surface area contributed by atoms with Crippen LogP contribution in [0.2, 0.25) is 0 Å². The molecule has 1 N–H and O–H groups in total. The molecule has 0 aromatic heterocycles. The van der Waals surface area contributed by atoms with E-state index >= 15 is 0 Å². The van der Waals surface area contributed by atoms with Crippen molar-refractivity contribution in [2.75, 3.05) is 4.90 Å². The lowest BCUT2D eigenvalue weighted by molar-refractivity contribution is -0.122. The van der Waals surface area contributed by atoms with Crippen molar-refractivity contribution in [3.8, 4) is 11.5 Å². The lowest BCUT2D eigenvalue weighted by Crippen LogP contribution is -2.54. The summed E-state index contributed by atoms with van der Waals surface area (Å²) in [5.74, 6) is -0.213. The molecule has 0 radical (unpaired) electrons. The summed E-state index contributed by atoms with van der Waals surface area (Å²) in [6, 6.07) is 32.3. The van der Waals surface area contributed by atoms with Gasteiger partial charge in [0.2, 0.25) is 0 Å². The molecule has 0 aliphatic carbocycles. The summed E-state index contributed by atoms with van der Waals surface area (Å²) in [6.07, 6.45) is 1.45. The van der Waals surface area contributed by atoms with E-state index in [-0.39, 0.29) is 5.57 Å². The predicted molar refractivity (Wildman–Crippen MR) is 143 cm³/mol. The number of urea groups is 1. The molecule has 4 aromatic rings. The fourth-order valence-electron chi connectivity index (χ4n) is 3.89. The van der Waals surface area contributed by atoms with E-state index < -0.39 is 17.8 Å². The quantitative estimate of drug-likeness (QED) is 0.253. The lowest BCUT2D eigenvalue weighted by atomic mass is 10.1. The van der Waals surface area contributed by atoms with Gasteiger partial charge in [-0.15, -0.1) is 0 Å². The van der Waals surface area contributed by atoms with Crippen molar-refractivity contribution in [2.45, 2.75) is 13.2 Å². The highest BCUT2D eigenvalue weighted by Crippen LogP contribution is 2.25. The van der Waals surface area contributed by atoms with E-state index in [1.165, 1.54) is 6.08 Å². The number of imide groups is 2. The van der Waals surface area contributed by atoms with E-state index in [2.05, 4.69) is 5.32 Å². The monoisotopic (exact) mass is 504 g/mol. The van der Waals surface area contributed by atoms with Gasteiger partial charge in [0.25, 0.3) is 11.8 Å². The van der Waals surface area contributed by atoms with Gasteiger partial charge in [0.1, 0.15) is 30.3 Å². The third-order valence-electron chi connectivity index (χ3n) is 5.88. The first-order valence-corrected chi connectivity index (χ1v) is 12.0. The second-order valence-corrected chi connectivity index (χ2v) is 8.57. The second kappa shape index (κ2) is 11.3. The summed E-state index contributed by atoms with van der Waals surface area (Å²) < 4.78 is 11.6. The molecule has 1 aliphatic rings. The van der Waals surface area contributed by atoms with E-state index in [9.17, 15) is 14.4 Å². The maximum absolute atomic E-state index is 13.2. The Bertz CT molecular complexity index is 1460. The molecular formula is C31H24N2O5. The topological polar surface area (TPSA) is 84.9 Å². The molecule has 188 valence electrons. The molecule has 1 aliphatic heterocycles. The number of hydrogen-bond donors (Lipinski definition) is 1. The molecule has 0 unspecified atom stereocenters. The van der Waals surface area contributed by atoms with Gasteiger partial charge in [0.05, 0.1) is 5.69 Å². The van der Waals surface area contributed by atoms with Crippen molar-refractivity contribution in [3.05, 3.63) is 131 Å². The maximum Gasteiger partial charge on any atom is 0.335 e. The largest absolute Gasteiger partial charge is 0.489 e. The molecule has 5 rings (SSSR count). The number of anilines is 1. The van der Waals surface area contributed by atoms with E-state index in [1.54, 1.807) is 48.5 Å². The highest BCUT2D eigenvalue weighted by atomic mass is 16.5. The number of barbiturate groups is 1. The second-order valence-electron chi connectivity index (χ2n) is 8.57. The standard InChI is InChI=1S/C31H24N2O5/c34-29-28(19-22-11-15-26(16-12-22)37-20-23-7-3-1-4-8-23)30(35)33(31(36)32-29)25-13-17-27(18-14-25)38-21-24-9-5-2-6-10-24/h1-19H,20-21H2,(H,32,34,36)/b28-19+. The molecule has 4 aromatic carbocycles. The lowest BCUT2D eigenvalue weighted by Gasteiger charge is -2.26. The molecule has 0 bridgehead atoms. The first-order valence-electron chi connectivity index (χ1n) is 12.0. The Kier molecular flexibility index (Phi) is 7.27. The number of carbonyl (C=O) groups excluding carboxylic acids is 3. The summed E-state index contributed by atoms with van der Waals surface area (Å²) in [5, 5.41) is 2.24. The smallest absolute Gasteiger partial charge is 0.335 e. The van der Waals surface area contributed by atoms with Crippen LogP contribution < -0.4 is 19.7 Å². The first kappa shape index (κ1) is 24.5. The van der Waals surface area contributed by atoms with Crippen molar-refractivity contribution in [3.63, 3.8) is 0 Å². The van der Waals surface area contributed by atoms with Crippen LogP contribution in [0.4, 0.5) is 10.5 Å². The SMILES string of the molecule is O=C1NC(=O)N(c2ccc(OCc3ccccc3)cc2)C(=O)/C1=C/c1ccc(OCc2ccccc2)cc1. The normalized spacial score (nSPS) is 14.4. The van der Waals surface area contributed by atoms with E-state index in [1.807, 2.05) is 60.7 Å². The summed E-state index contributed by atoms with van der Waals surface area (Å²) in [7, 11) is 0. The molecule has 38 heavy (non-hydrogen) atoms. The van der Waals surface area contributed by atoms with Gasteiger partial charge in [-0.1, -0.05) is 72.8 Å². The Balaban J connectivity index is 1.27. The first-order chi connectivity index (χ1) is 18.6. The number of carbonyl (C=O) groups is 3. The molecule has 0 saturated carbocycles. The minimum atomic E-state index is -0.806. The van der Waals surface area contributed by atoms with Crippen molar-refractivity contribution in [1.82, 2.24) is 5.32 Å². The summed E-state index contributed by atoms with van der Waals surface area (Å²) in [4.78, 5) is 39.2. The van der Waals surface area contributed by atoms with Crippen LogP contribution in [0.15, 0.2) is 115 Å². The summed E-state index contributed by atoms with van der Waals surface area (Å²) in [5.41, 5.74) is 2.86. The van der Waals surface area contributed by atoms with Crippen molar-refractivity contribution >= 4 is 29.6 Å². The molecule has 1 heterocycles. The Labute approximate surface area is 219 Å². The molecule has 1 fully saturated rings. The summed E-state index contributed by atoms with van der Waals surface area (Å²) in [6.45, 7) is 0.816. The highest BCUT2D eigenvalue weighted by Gasteiger charge is 2.36. The van der Waals surface area contributed by atoms with Crippen LogP contribution >= 0.6 is 0 Å². The number of benzene rings is 4. The van der Waals surface area contributed by atoms with E-state index in [0.717, 1.165) is 16.0 Å². The average Bonchev–Trinajstić information content (AvgIpc) is 2.95. The van der Waals surface area contributed by atoms with Crippen molar-refractivity contribution in [2.24, 2.45) is 0 Å². The molecule has 1 saturated heterocycles. The maximum atomic E-state index is 13.2. The molecule has 0 spiro atoms. The van der Waals surface area contributed by atoms with Crippen LogP contribution in [-0.4, -0.2) is 17.8 Å². The highest BCUT2D eigenvalue weighted by molar-refractivity contribution is 6.39. The number of nitrogens with zero attached hydrogens (tertiary/aromatic N) is 1. The van der Waals surface area contributed by atoms with Crippen LogP contribution in [-0.2, 0) is 22.8 Å². The number of rotatable bonds is 8. The zero-order chi connectivity index (χ0) is 26.3. The minimum absolute atomic E-state index is 0.146. The van der Waals surface area contributed by atoms with Gasteiger partial charge in [-0.25, -0.2) is 9.69 Å². The fourth-order valence-corrected chi connectivity index (χ4v) is 3.89. The van der Waals surface area contributed by atoms with Crippen LogP contribution in [0, 0.1) is 0 Å². The minimum Gasteiger partial charge on any atom is -0.489 e. The van der Waals surface area contributed by atoms with Gasteiger partial charge >= 0.3 is 6.03 Å². The van der Waals surface area contributed by atoms with Gasteiger partial charge in [0, 0.05) is 0 Å². The average molecular weight is 505 g/mol. The molecule has 7 nitrogen and oxygen atoms in total. The van der Waals surface area contributed by atoms with E-state index in [4.69, 9.17) is 9.47 Å². The number of hydrogen-bond acceptors (Lipinski definition) is 5. The van der Waals surface area contributed by atoms with Crippen molar-refractivity contribution in [1.29, 1.82) is 0 Å². The van der Waals surface area contributed by atoms with Crippen LogP contribution in [0.25, 0.3) is 6.08 Å². The molecule has 7 heteroatoms. The Morgan fingerprint density at radius 2 is 1.13 bits per heavy atom. The molecule has 4 amide bonds. The fraction of sp³-hybridized carbons (Fsp3) is 0.0645. The van der Waals surface area contributed by atoms with Gasteiger partial charge in [-0.2, -0.15) is 0 Å². The molecular weight excluding hydrogens is 480 g/mol. The Morgan fingerprint density at radius 3 is 1.66 bits per heavy atom. The number of ether oxygens (including phenoxy) is 2. The molecule has 0 atom stereocenters. The summed E-state index contributed by atoms with van der Waals surface area (Å²) >= 11 is 0. The zero-order valence-electron chi connectivity index (χ0n) is 20.4. The van der Waals surface area contributed by atoms with E-state index in [0.29, 0.717) is 36.0 Å². The Hall–Kier alpha value is -5.17. The van der Waals surface area contributed by atoms with Gasteiger partial charge in [-0.3, -0.25) is 14.9 Å². The van der Waals surface area contributed by atoms with Crippen molar-refractivity contribution < 1.29 is 23.9 Å². The third-order valence-corrected chi connectivity index (χ3v) is 5.88. The third kappa shape index (κ3) is 5.79. The number of amides is 4. The van der Waals surface area contributed by atoms with Gasteiger partial charge in [0.15, 0.2) is 0 Å². The van der Waals surface area contributed by atoms with Gasteiger partial charge < -0.3 is 9.47 Å². The Morgan fingerprint density at radius 1 is 0.632 bits per heavy atom.